The number of amides is 2. The van der Waals surface area contributed by atoms with Crippen molar-refractivity contribution < 1.29 is 14.0 Å². The molecule has 5 nitrogen and oxygen atoms in total. The van der Waals surface area contributed by atoms with Crippen molar-refractivity contribution in [3.63, 3.8) is 0 Å². The maximum absolute atomic E-state index is 13.8. The second-order valence-corrected chi connectivity index (χ2v) is 7.01. The predicted octanol–water partition coefficient (Wildman–Crippen LogP) is 3.11. The largest absolute Gasteiger partial charge is 0.348 e. The molecule has 0 spiro atoms. The second kappa shape index (κ2) is 8.31. The van der Waals surface area contributed by atoms with E-state index in [-0.39, 0.29) is 17.5 Å². The Morgan fingerprint density at radius 2 is 1.93 bits per heavy atom. The average Bonchev–Trinajstić information content (AvgIpc) is 2.65. The summed E-state index contributed by atoms with van der Waals surface area (Å²) in [4.78, 5) is 25.0. The van der Waals surface area contributed by atoms with Crippen LogP contribution in [0.25, 0.3) is 0 Å². The van der Waals surface area contributed by atoms with Crippen molar-refractivity contribution in [2.75, 3.05) is 18.4 Å². The van der Waals surface area contributed by atoms with Gasteiger partial charge in [-0.05, 0) is 55.6 Å². The number of nitrogens with one attached hydrogen (secondary N) is 3. The first-order valence-electron chi connectivity index (χ1n) is 9.14. The first kappa shape index (κ1) is 19.0. The molecule has 2 unspecified atom stereocenters. The van der Waals surface area contributed by atoms with Gasteiger partial charge in [0.15, 0.2) is 0 Å². The number of carbonyl (C=O) groups is 2. The van der Waals surface area contributed by atoms with E-state index in [1.807, 2.05) is 6.92 Å². The number of benzene rings is 2. The number of carbonyl (C=O) groups excluding carboxylic acids is 2. The summed E-state index contributed by atoms with van der Waals surface area (Å²) in [5.74, 6) is -0.906. The van der Waals surface area contributed by atoms with Crippen LogP contribution in [-0.4, -0.2) is 30.9 Å². The molecular formula is C21H24FN3O2. The monoisotopic (exact) mass is 369 g/mol. The van der Waals surface area contributed by atoms with E-state index in [1.165, 1.54) is 18.2 Å². The SMILES string of the molecule is Cc1ccc(C(=O)NC2CNCCC2C)cc1NC(=O)c1ccccc1F. The van der Waals surface area contributed by atoms with Crippen LogP contribution < -0.4 is 16.0 Å². The number of hydrogen-bond donors (Lipinski definition) is 3. The van der Waals surface area contributed by atoms with Gasteiger partial charge in [-0.25, -0.2) is 4.39 Å². The van der Waals surface area contributed by atoms with E-state index in [2.05, 4.69) is 22.9 Å². The molecule has 0 aromatic heterocycles. The number of piperidine rings is 1. The van der Waals surface area contributed by atoms with Crippen molar-refractivity contribution in [2.24, 2.45) is 5.92 Å². The molecule has 1 heterocycles. The van der Waals surface area contributed by atoms with E-state index in [9.17, 15) is 14.0 Å². The molecule has 1 aliphatic heterocycles. The molecule has 142 valence electrons. The Bertz CT molecular complexity index is 853. The smallest absolute Gasteiger partial charge is 0.258 e. The summed E-state index contributed by atoms with van der Waals surface area (Å²) in [5, 5.41) is 9.04. The first-order valence-corrected chi connectivity index (χ1v) is 9.14. The number of hydrogen-bond acceptors (Lipinski definition) is 3. The maximum Gasteiger partial charge on any atom is 0.258 e. The molecule has 0 radical (unpaired) electrons. The lowest BCUT2D eigenvalue weighted by Gasteiger charge is -2.30. The van der Waals surface area contributed by atoms with Crippen molar-refractivity contribution in [1.29, 1.82) is 0 Å². The lowest BCUT2D eigenvalue weighted by molar-refractivity contribution is 0.0914. The van der Waals surface area contributed by atoms with Crippen LogP contribution in [-0.2, 0) is 0 Å². The zero-order valence-electron chi connectivity index (χ0n) is 15.5. The molecule has 2 atom stereocenters. The van der Waals surface area contributed by atoms with Gasteiger partial charge in [-0.15, -0.1) is 0 Å². The molecule has 0 aliphatic carbocycles. The minimum atomic E-state index is -0.583. The van der Waals surface area contributed by atoms with Crippen molar-refractivity contribution in [3.8, 4) is 0 Å². The highest BCUT2D eigenvalue weighted by Crippen LogP contribution is 2.20. The summed E-state index contributed by atoms with van der Waals surface area (Å²) in [6, 6.07) is 11.0. The molecule has 0 saturated carbocycles. The molecule has 1 aliphatic rings. The van der Waals surface area contributed by atoms with Gasteiger partial charge in [0, 0.05) is 23.8 Å². The van der Waals surface area contributed by atoms with Crippen molar-refractivity contribution in [3.05, 3.63) is 65.0 Å². The molecule has 27 heavy (non-hydrogen) atoms. The van der Waals surface area contributed by atoms with Crippen LogP contribution in [0.4, 0.5) is 10.1 Å². The van der Waals surface area contributed by atoms with Crippen LogP contribution in [0.2, 0.25) is 0 Å². The highest BCUT2D eigenvalue weighted by atomic mass is 19.1. The van der Waals surface area contributed by atoms with Gasteiger partial charge in [-0.2, -0.15) is 0 Å². The van der Waals surface area contributed by atoms with Gasteiger partial charge in [0.1, 0.15) is 5.82 Å². The third-order valence-electron chi connectivity index (χ3n) is 5.01. The number of halogens is 1. The Morgan fingerprint density at radius 1 is 1.15 bits per heavy atom. The average molecular weight is 369 g/mol. The molecule has 1 fully saturated rings. The number of anilines is 1. The van der Waals surface area contributed by atoms with Crippen LogP contribution in [0, 0.1) is 18.7 Å². The fourth-order valence-corrected chi connectivity index (χ4v) is 3.17. The third-order valence-corrected chi connectivity index (χ3v) is 5.01. The summed E-state index contributed by atoms with van der Waals surface area (Å²) in [5.41, 5.74) is 1.71. The van der Waals surface area contributed by atoms with Gasteiger partial charge < -0.3 is 16.0 Å². The van der Waals surface area contributed by atoms with E-state index in [4.69, 9.17) is 0 Å². The van der Waals surface area contributed by atoms with Crippen LogP contribution >= 0.6 is 0 Å². The predicted molar refractivity (Wildman–Crippen MR) is 103 cm³/mol. The van der Waals surface area contributed by atoms with Crippen LogP contribution in [0.1, 0.15) is 39.6 Å². The Labute approximate surface area is 158 Å². The van der Waals surface area contributed by atoms with Crippen molar-refractivity contribution in [1.82, 2.24) is 10.6 Å². The summed E-state index contributed by atoms with van der Waals surface area (Å²) in [7, 11) is 0. The highest BCUT2D eigenvalue weighted by molar-refractivity contribution is 6.05. The van der Waals surface area contributed by atoms with Crippen LogP contribution in [0.5, 0.6) is 0 Å². The first-order chi connectivity index (χ1) is 13.0. The Morgan fingerprint density at radius 3 is 2.67 bits per heavy atom. The zero-order chi connectivity index (χ0) is 19.4. The minimum absolute atomic E-state index is 0.0335. The van der Waals surface area contributed by atoms with Crippen LogP contribution in [0.15, 0.2) is 42.5 Å². The lowest BCUT2D eigenvalue weighted by atomic mass is 9.94. The Balaban J connectivity index is 1.75. The molecule has 3 rings (SSSR count). The van der Waals surface area contributed by atoms with Crippen molar-refractivity contribution in [2.45, 2.75) is 26.3 Å². The summed E-state index contributed by atoms with van der Waals surface area (Å²) in [6.45, 7) is 5.66. The summed E-state index contributed by atoms with van der Waals surface area (Å²) < 4.78 is 13.8. The fraction of sp³-hybridized carbons (Fsp3) is 0.333. The third kappa shape index (κ3) is 4.52. The standard InChI is InChI=1S/C21H24FN3O2/c1-13-7-8-15(20(26)25-19-12-23-10-9-14(19)2)11-18(13)24-21(27)16-5-3-4-6-17(16)22/h3-8,11,14,19,23H,9-10,12H2,1-2H3,(H,24,27)(H,25,26). The van der Waals surface area contributed by atoms with E-state index < -0.39 is 11.7 Å². The van der Waals surface area contributed by atoms with Gasteiger partial charge in [0.05, 0.1) is 5.56 Å². The van der Waals surface area contributed by atoms with Gasteiger partial charge in [-0.3, -0.25) is 9.59 Å². The highest BCUT2D eigenvalue weighted by Gasteiger charge is 2.23. The zero-order valence-corrected chi connectivity index (χ0v) is 15.5. The van der Waals surface area contributed by atoms with Gasteiger partial charge >= 0.3 is 0 Å². The maximum atomic E-state index is 13.8. The lowest BCUT2D eigenvalue weighted by Crippen LogP contribution is -2.50. The molecule has 0 bridgehead atoms. The van der Waals surface area contributed by atoms with E-state index in [0.717, 1.165) is 25.1 Å². The van der Waals surface area contributed by atoms with Gasteiger partial charge in [-0.1, -0.05) is 25.1 Å². The number of rotatable bonds is 4. The van der Waals surface area contributed by atoms with Gasteiger partial charge in [0.25, 0.3) is 11.8 Å². The van der Waals surface area contributed by atoms with E-state index in [0.29, 0.717) is 17.2 Å². The Kier molecular flexibility index (Phi) is 5.86. The minimum Gasteiger partial charge on any atom is -0.348 e. The Hall–Kier alpha value is -2.73. The van der Waals surface area contributed by atoms with E-state index >= 15 is 0 Å². The number of aryl methyl sites for hydroxylation is 1. The molecule has 2 aromatic rings. The summed E-state index contributed by atoms with van der Waals surface area (Å²) >= 11 is 0. The molecule has 6 heteroatoms. The molecular weight excluding hydrogens is 345 g/mol. The summed E-state index contributed by atoms with van der Waals surface area (Å²) in [6.07, 6.45) is 1.02. The molecule has 1 saturated heterocycles. The van der Waals surface area contributed by atoms with Crippen LogP contribution in [0.3, 0.4) is 0 Å². The fourth-order valence-electron chi connectivity index (χ4n) is 3.17. The molecule has 3 N–H and O–H groups in total. The van der Waals surface area contributed by atoms with E-state index in [1.54, 1.807) is 24.3 Å². The topological polar surface area (TPSA) is 70.2 Å². The second-order valence-electron chi connectivity index (χ2n) is 7.01. The normalized spacial score (nSPS) is 19.4. The van der Waals surface area contributed by atoms with Crippen molar-refractivity contribution >= 4 is 17.5 Å². The molecule has 2 aromatic carbocycles. The quantitative estimate of drug-likeness (QED) is 0.776. The molecule has 2 amide bonds. The van der Waals surface area contributed by atoms with Gasteiger partial charge in [0.2, 0.25) is 0 Å².